The van der Waals surface area contributed by atoms with Crippen LogP contribution >= 0.6 is 0 Å². The van der Waals surface area contributed by atoms with E-state index in [4.69, 9.17) is 4.74 Å². The van der Waals surface area contributed by atoms with Crippen molar-refractivity contribution in [1.82, 2.24) is 0 Å². The lowest BCUT2D eigenvalue weighted by Gasteiger charge is -2.20. The van der Waals surface area contributed by atoms with Crippen LogP contribution in [-0.2, 0) is 14.3 Å². The first-order valence-electron chi connectivity index (χ1n) is 5.92. The van der Waals surface area contributed by atoms with Gasteiger partial charge in [-0.2, -0.15) is 0 Å². The van der Waals surface area contributed by atoms with E-state index in [-0.39, 0.29) is 11.8 Å². The van der Waals surface area contributed by atoms with Crippen LogP contribution in [0.4, 0.5) is 0 Å². The Labute approximate surface area is 96.9 Å². The van der Waals surface area contributed by atoms with Crippen LogP contribution in [0, 0.1) is 5.41 Å². The van der Waals surface area contributed by atoms with Gasteiger partial charge in [-0.3, -0.25) is 9.59 Å². The number of ether oxygens (including phenoxy) is 1. The van der Waals surface area contributed by atoms with Crippen molar-refractivity contribution in [1.29, 1.82) is 0 Å². The highest BCUT2D eigenvalue weighted by molar-refractivity contribution is 6.03. The Balaban J connectivity index is 2.43. The molecule has 1 heterocycles. The van der Waals surface area contributed by atoms with E-state index in [0.717, 1.165) is 25.7 Å². The fraction of sp³-hybridized carbons (Fsp3) is 0.692. The topological polar surface area (TPSA) is 43.4 Å². The highest BCUT2D eigenvalue weighted by atomic mass is 16.5. The first kappa shape index (κ1) is 12.9. The zero-order valence-electron chi connectivity index (χ0n) is 9.96. The number of carbonyl (C=O) groups excluding carboxylic acids is 2. The molecule has 1 unspecified atom stereocenters. The molecule has 1 aliphatic rings. The summed E-state index contributed by atoms with van der Waals surface area (Å²) in [5.41, 5.74) is -0.825. The number of allylic oxidation sites excluding steroid dienone is 1. The number of hydrogen-bond acceptors (Lipinski definition) is 3. The molecule has 16 heavy (non-hydrogen) atoms. The Kier molecular flexibility index (Phi) is 4.71. The second-order valence-corrected chi connectivity index (χ2v) is 4.41. The Hall–Kier alpha value is -1.12. The Bertz CT molecular complexity index is 283. The largest absolute Gasteiger partial charge is 0.465 e. The minimum atomic E-state index is -0.825. The van der Waals surface area contributed by atoms with Gasteiger partial charge in [-0.25, -0.2) is 0 Å². The van der Waals surface area contributed by atoms with E-state index in [1.165, 1.54) is 6.92 Å². The molecule has 3 heteroatoms. The lowest BCUT2D eigenvalue weighted by atomic mass is 9.78. The molecule has 0 aromatic rings. The number of Topliss-reactive ketones (excluding diaryl/α,β-unsaturated/α-hetero) is 1. The fourth-order valence-corrected chi connectivity index (χ4v) is 2.17. The van der Waals surface area contributed by atoms with Gasteiger partial charge in [-0.15, -0.1) is 6.58 Å². The maximum Gasteiger partial charge on any atom is 0.319 e. The van der Waals surface area contributed by atoms with E-state index in [1.807, 2.05) is 6.08 Å². The lowest BCUT2D eigenvalue weighted by molar-refractivity contribution is -0.151. The van der Waals surface area contributed by atoms with Gasteiger partial charge in [-0.05, 0) is 26.2 Å². The quantitative estimate of drug-likeness (QED) is 0.289. The predicted molar refractivity (Wildman–Crippen MR) is 62.0 cm³/mol. The van der Waals surface area contributed by atoms with Crippen LogP contribution in [0.25, 0.3) is 0 Å². The van der Waals surface area contributed by atoms with E-state index in [0.29, 0.717) is 19.4 Å². The van der Waals surface area contributed by atoms with Crippen LogP contribution < -0.4 is 0 Å². The van der Waals surface area contributed by atoms with Crippen molar-refractivity contribution >= 4 is 11.8 Å². The summed E-state index contributed by atoms with van der Waals surface area (Å²) in [7, 11) is 0. The Morgan fingerprint density at radius 1 is 1.50 bits per heavy atom. The number of rotatable bonds is 7. The SMILES string of the molecule is C=CCCCCCC1(C(C)=O)CCOC1=O. The van der Waals surface area contributed by atoms with Crippen molar-refractivity contribution in [3.63, 3.8) is 0 Å². The zero-order valence-corrected chi connectivity index (χ0v) is 9.96. The van der Waals surface area contributed by atoms with Crippen molar-refractivity contribution in [2.75, 3.05) is 6.61 Å². The molecule has 1 saturated heterocycles. The van der Waals surface area contributed by atoms with Crippen LogP contribution in [0.15, 0.2) is 12.7 Å². The van der Waals surface area contributed by atoms with E-state index in [9.17, 15) is 9.59 Å². The molecule has 1 fully saturated rings. The van der Waals surface area contributed by atoms with Gasteiger partial charge in [-0.1, -0.05) is 18.9 Å². The molecule has 1 aliphatic heterocycles. The predicted octanol–water partition coefficient (Wildman–Crippen LogP) is 2.65. The lowest BCUT2D eigenvalue weighted by Crippen LogP contribution is -2.34. The van der Waals surface area contributed by atoms with Gasteiger partial charge >= 0.3 is 5.97 Å². The van der Waals surface area contributed by atoms with Crippen LogP contribution in [0.3, 0.4) is 0 Å². The molecular weight excluding hydrogens is 204 g/mol. The molecule has 0 aromatic heterocycles. The summed E-state index contributed by atoms with van der Waals surface area (Å²) in [6.45, 7) is 5.55. The van der Waals surface area contributed by atoms with Gasteiger partial charge in [0.15, 0.2) is 0 Å². The molecule has 1 rings (SSSR count). The van der Waals surface area contributed by atoms with Crippen molar-refractivity contribution in [2.45, 2.75) is 45.4 Å². The summed E-state index contributed by atoms with van der Waals surface area (Å²) in [5.74, 6) is -0.359. The van der Waals surface area contributed by atoms with Crippen molar-refractivity contribution in [3.05, 3.63) is 12.7 Å². The Morgan fingerprint density at radius 3 is 2.75 bits per heavy atom. The van der Waals surface area contributed by atoms with Crippen LogP contribution in [0.1, 0.15) is 45.4 Å². The highest BCUT2D eigenvalue weighted by Crippen LogP contribution is 2.36. The van der Waals surface area contributed by atoms with Gasteiger partial charge in [0.2, 0.25) is 0 Å². The normalized spacial score (nSPS) is 24.2. The fourth-order valence-electron chi connectivity index (χ4n) is 2.17. The summed E-state index contributed by atoms with van der Waals surface area (Å²) in [4.78, 5) is 23.2. The average molecular weight is 224 g/mol. The minimum Gasteiger partial charge on any atom is -0.465 e. The van der Waals surface area contributed by atoms with Crippen LogP contribution in [0.5, 0.6) is 0 Å². The van der Waals surface area contributed by atoms with E-state index in [1.54, 1.807) is 0 Å². The van der Waals surface area contributed by atoms with Gasteiger partial charge in [0.1, 0.15) is 11.2 Å². The molecule has 0 amide bonds. The molecular formula is C13H20O3. The molecule has 0 aromatic carbocycles. The molecule has 0 radical (unpaired) electrons. The maximum atomic E-state index is 11.6. The first-order chi connectivity index (χ1) is 7.63. The van der Waals surface area contributed by atoms with Gasteiger partial charge in [0, 0.05) is 6.42 Å². The highest BCUT2D eigenvalue weighted by Gasteiger charge is 2.47. The number of unbranched alkanes of at least 4 members (excludes halogenated alkanes) is 3. The van der Waals surface area contributed by atoms with Gasteiger partial charge < -0.3 is 4.74 Å². The third-order valence-corrected chi connectivity index (χ3v) is 3.34. The van der Waals surface area contributed by atoms with Crippen molar-refractivity contribution in [3.8, 4) is 0 Å². The molecule has 0 aliphatic carbocycles. The maximum absolute atomic E-state index is 11.6. The third-order valence-electron chi connectivity index (χ3n) is 3.34. The Morgan fingerprint density at radius 2 is 2.25 bits per heavy atom. The molecule has 1 atom stereocenters. The second-order valence-electron chi connectivity index (χ2n) is 4.41. The third kappa shape index (κ3) is 2.71. The number of esters is 1. The number of cyclic esters (lactones) is 1. The second kappa shape index (κ2) is 5.83. The van der Waals surface area contributed by atoms with Crippen LogP contribution in [0.2, 0.25) is 0 Å². The minimum absolute atomic E-state index is 0.0429. The van der Waals surface area contributed by atoms with Crippen LogP contribution in [-0.4, -0.2) is 18.4 Å². The molecule has 0 bridgehead atoms. The molecule has 0 spiro atoms. The average Bonchev–Trinajstić information content (AvgIpc) is 2.61. The standard InChI is InChI=1S/C13H20O3/c1-3-4-5-6-7-8-13(11(2)14)9-10-16-12(13)15/h3H,1,4-10H2,2H3. The monoisotopic (exact) mass is 224 g/mol. The summed E-state index contributed by atoms with van der Waals surface area (Å²) < 4.78 is 4.93. The van der Waals surface area contributed by atoms with Gasteiger partial charge in [0.25, 0.3) is 0 Å². The smallest absolute Gasteiger partial charge is 0.319 e. The molecule has 0 N–H and O–H groups in total. The summed E-state index contributed by atoms with van der Waals surface area (Å²) in [5, 5.41) is 0. The molecule has 3 nitrogen and oxygen atoms in total. The van der Waals surface area contributed by atoms with Crippen molar-refractivity contribution in [2.24, 2.45) is 5.41 Å². The number of carbonyl (C=O) groups is 2. The molecule has 90 valence electrons. The summed E-state index contributed by atoms with van der Waals surface area (Å²) in [6, 6.07) is 0. The van der Waals surface area contributed by atoms with E-state index in [2.05, 4.69) is 6.58 Å². The number of hydrogen-bond donors (Lipinski definition) is 0. The van der Waals surface area contributed by atoms with E-state index >= 15 is 0 Å². The van der Waals surface area contributed by atoms with Crippen molar-refractivity contribution < 1.29 is 14.3 Å². The molecule has 0 saturated carbocycles. The zero-order chi connectivity index (χ0) is 12.0. The number of ketones is 1. The van der Waals surface area contributed by atoms with Gasteiger partial charge in [0.05, 0.1) is 6.61 Å². The summed E-state index contributed by atoms with van der Waals surface area (Å²) >= 11 is 0. The first-order valence-corrected chi connectivity index (χ1v) is 5.92. The van der Waals surface area contributed by atoms with E-state index < -0.39 is 5.41 Å². The summed E-state index contributed by atoms with van der Waals surface area (Å²) in [6.07, 6.45) is 7.10.